The predicted octanol–water partition coefficient (Wildman–Crippen LogP) is 3.16. The third-order valence-corrected chi connectivity index (χ3v) is 2.49. The minimum absolute atomic E-state index is 0.335. The Morgan fingerprint density at radius 3 is 2.81 bits per heavy atom. The molecule has 1 aromatic rings. The average molecular weight is 222 g/mol. The van der Waals surface area contributed by atoms with Crippen LogP contribution in [0.5, 0.6) is 5.75 Å². The van der Waals surface area contributed by atoms with Gasteiger partial charge in [0, 0.05) is 6.07 Å². The van der Waals surface area contributed by atoms with Gasteiger partial charge in [-0.25, -0.2) is 4.79 Å². The van der Waals surface area contributed by atoms with Crippen LogP contribution in [-0.2, 0) is 0 Å². The van der Waals surface area contributed by atoms with E-state index in [2.05, 4.69) is 13.0 Å². The standard InChI is InChI=1S/C13H18O3/c1-5-6-7-9(2)11-8-12(15-4)10(3)13(14)16-11/h7-8H,5-6H2,1-4H3. The second kappa shape index (κ2) is 5.54. The van der Waals surface area contributed by atoms with Gasteiger partial charge in [0.25, 0.3) is 0 Å². The SMILES string of the molecule is CCCC=C(C)c1cc(OC)c(C)c(=O)o1. The molecule has 0 atom stereocenters. The number of ether oxygens (including phenoxy) is 1. The molecule has 1 heterocycles. The summed E-state index contributed by atoms with van der Waals surface area (Å²) in [5.74, 6) is 1.16. The lowest BCUT2D eigenvalue weighted by Crippen LogP contribution is -2.06. The zero-order chi connectivity index (χ0) is 12.1. The Balaban J connectivity index is 3.16. The molecule has 0 bridgehead atoms. The van der Waals surface area contributed by atoms with Gasteiger partial charge in [0.2, 0.25) is 0 Å². The fourth-order valence-electron chi connectivity index (χ4n) is 1.40. The van der Waals surface area contributed by atoms with E-state index in [1.165, 1.54) is 0 Å². The van der Waals surface area contributed by atoms with Crippen molar-refractivity contribution in [2.75, 3.05) is 7.11 Å². The van der Waals surface area contributed by atoms with Crippen molar-refractivity contribution in [1.29, 1.82) is 0 Å². The molecule has 0 aliphatic carbocycles. The summed E-state index contributed by atoms with van der Waals surface area (Å²) < 4.78 is 10.3. The van der Waals surface area contributed by atoms with Crippen molar-refractivity contribution in [2.45, 2.75) is 33.6 Å². The van der Waals surface area contributed by atoms with Crippen molar-refractivity contribution in [3.63, 3.8) is 0 Å². The van der Waals surface area contributed by atoms with Crippen LogP contribution < -0.4 is 10.4 Å². The molecule has 3 nitrogen and oxygen atoms in total. The normalized spacial score (nSPS) is 11.6. The summed E-state index contributed by atoms with van der Waals surface area (Å²) in [7, 11) is 1.55. The summed E-state index contributed by atoms with van der Waals surface area (Å²) >= 11 is 0. The monoisotopic (exact) mass is 222 g/mol. The molecule has 0 saturated heterocycles. The van der Waals surface area contributed by atoms with Crippen LogP contribution in [0.4, 0.5) is 0 Å². The molecule has 3 heteroatoms. The van der Waals surface area contributed by atoms with Crippen molar-refractivity contribution >= 4 is 5.57 Å². The zero-order valence-corrected chi connectivity index (χ0v) is 10.3. The largest absolute Gasteiger partial charge is 0.496 e. The van der Waals surface area contributed by atoms with Gasteiger partial charge in [-0.05, 0) is 25.8 Å². The van der Waals surface area contributed by atoms with Gasteiger partial charge in [-0.15, -0.1) is 0 Å². The van der Waals surface area contributed by atoms with Crippen molar-refractivity contribution in [3.8, 4) is 5.75 Å². The van der Waals surface area contributed by atoms with Crippen LogP contribution in [0.3, 0.4) is 0 Å². The van der Waals surface area contributed by atoms with Crippen LogP contribution in [-0.4, -0.2) is 7.11 Å². The van der Waals surface area contributed by atoms with Gasteiger partial charge in [0.15, 0.2) is 0 Å². The Bertz CT molecular complexity index is 441. The van der Waals surface area contributed by atoms with Crippen molar-refractivity contribution in [2.24, 2.45) is 0 Å². The molecule has 88 valence electrons. The highest BCUT2D eigenvalue weighted by atomic mass is 16.5. The second-order valence-corrected chi connectivity index (χ2v) is 3.77. The van der Waals surface area contributed by atoms with Crippen LogP contribution in [0.1, 0.15) is 38.0 Å². The van der Waals surface area contributed by atoms with E-state index in [9.17, 15) is 4.79 Å². The van der Waals surface area contributed by atoms with E-state index in [-0.39, 0.29) is 5.63 Å². The Morgan fingerprint density at radius 2 is 2.25 bits per heavy atom. The minimum Gasteiger partial charge on any atom is -0.496 e. The van der Waals surface area contributed by atoms with Gasteiger partial charge in [-0.1, -0.05) is 19.4 Å². The summed E-state index contributed by atoms with van der Waals surface area (Å²) in [6.45, 7) is 5.73. The number of hydrogen-bond donors (Lipinski definition) is 0. The summed E-state index contributed by atoms with van der Waals surface area (Å²) in [4.78, 5) is 11.5. The highest BCUT2D eigenvalue weighted by molar-refractivity contribution is 5.60. The van der Waals surface area contributed by atoms with E-state index in [1.54, 1.807) is 20.1 Å². The van der Waals surface area contributed by atoms with E-state index >= 15 is 0 Å². The molecule has 16 heavy (non-hydrogen) atoms. The molecular formula is C13H18O3. The lowest BCUT2D eigenvalue weighted by Gasteiger charge is -2.06. The highest BCUT2D eigenvalue weighted by Gasteiger charge is 2.08. The smallest absolute Gasteiger partial charge is 0.342 e. The van der Waals surface area contributed by atoms with Crippen LogP contribution >= 0.6 is 0 Å². The summed E-state index contributed by atoms with van der Waals surface area (Å²) in [6, 6.07) is 1.76. The zero-order valence-electron chi connectivity index (χ0n) is 10.3. The molecular weight excluding hydrogens is 204 g/mol. The fraction of sp³-hybridized carbons (Fsp3) is 0.462. The molecule has 0 unspecified atom stereocenters. The highest BCUT2D eigenvalue weighted by Crippen LogP contribution is 2.21. The maximum Gasteiger partial charge on any atom is 0.342 e. The number of allylic oxidation sites excluding steroid dienone is 2. The van der Waals surface area contributed by atoms with Gasteiger partial charge < -0.3 is 9.15 Å². The third-order valence-electron chi connectivity index (χ3n) is 2.49. The van der Waals surface area contributed by atoms with E-state index in [0.29, 0.717) is 17.1 Å². The molecule has 0 aromatic carbocycles. The lowest BCUT2D eigenvalue weighted by atomic mass is 10.1. The van der Waals surface area contributed by atoms with Crippen molar-refractivity contribution in [1.82, 2.24) is 0 Å². The number of methoxy groups -OCH3 is 1. The van der Waals surface area contributed by atoms with Gasteiger partial charge >= 0.3 is 5.63 Å². The summed E-state index contributed by atoms with van der Waals surface area (Å²) in [5.41, 5.74) is 1.14. The first-order chi connectivity index (χ1) is 7.60. The van der Waals surface area contributed by atoms with Crippen molar-refractivity contribution in [3.05, 3.63) is 33.9 Å². The molecule has 0 aliphatic heterocycles. The number of unbranched alkanes of at least 4 members (excludes halogenated alkanes) is 1. The minimum atomic E-state index is -0.335. The Morgan fingerprint density at radius 1 is 1.56 bits per heavy atom. The molecule has 0 N–H and O–H groups in total. The molecule has 0 spiro atoms. The molecule has 0 radical (unpaired) electrons. The first-order valence-corrected chi connectivity index (χ1v) is 5.46. The molecule has 0 amide bonds. The molecule has 0 fully saturated rings. The Hall–Kier alpha value is -1.51. The maximum atomic E-state index is 11.5. The average Bonchev–Trinajstić information content (AvgIpc) is 2.29. The molecule has 1 aromatic heterocycles. The first-order valence-electron chi connectivity index (χ1n) is 5.46. The molecule has 1 rings (SSSR count). The second-order valence-electron chi connectivity index (χ2n) is 3.77. The van der Waals surface area contributed by atoms with Crippen LogP contribution in [0.2, 0.25) is 0 Å². The first kappa shape index (κ1) is 12.6. The summed E-state index contributed by atoms with van der Waals surface area (Å²) in [5, 5.41) is 0. The van der Waals surface area contributed by atoms with Gasteiger partial charge in [-0.3, -0.25) is 0 Å². The quantitative estimate of drug-likeness (QED) is 0.785. The van der Waals surface area contributed by atoms with Gasteiger partial charge in [-0.2, -0.15) is 0 Å². The molecule has 0 aliphatic rings. The maximum absolute atomic E-state index is 11.5. The number of hydrogen-bond acceptors (Lipinski definition) is 3. The lowest BCUT2D eigenvalue weighted by molar-refractivity contribution is 0.395. The van der Waals surface area contributed by atoms with Crippen LogP contribution in [0.15, 0.2) is 21.4 Å². The van der Waals surface area contributed by atoms with Gasteiger partial charge in [0.05, 0.1) is 12.7 Å². The van der Waals surface area contributed by atoms with E-state index in [0.717, 1.165) is 18.4 Å². The van der Waals surface area contributed by atoms with Crippen LogP contribution in [0.25, 0.3) is 5.57 Å². The van der Waals surface area contributed by atoms with E-state index in [1.807, 2.05) is 6.92 Å². The van der Waals surface area contributed by atoms with Gasteiger partial charge in [0.1, 0.15) is 11.5 Å². The molecule has 0 saturated carbocycles. The predicted molar refractivity (Wildman–Crippen MR) is 64.8 cm³/mol. The fourth-order valence-corrected chi connectivity index (χ4v) is 1.40. The third kappa shape index (κ3) is 2.75. The topological polar surface area (TPSA) is 39.4 Å². The summed E-state index contributed by atoms with van der Waals surface area (Å²) in [6.07, 6.45) is 4.11. The Labute approximate surface area is 95.7 Å². The Kier molecular flexibility index (Phi) is 4.35. The number of rotatable bonds is 4. The van der Waals surface area contributed by atoms with Crippen LogP contribution in [0, 0.1) is 6.92 Å². The van der Waals surface area contributed by atoms with E-state index in [4.69, 9.17) is 9.15 Å². The van der Waals surface area contributed by atoms with E-state index < -0.39 is 0 Å². The van der Waals surface area contributed by atoms with Crippen molar-refractivity contribution < 1.29 is 9.15 Å².